The van der Waals surface area contributed by atoms with Crippen LogP contribution >= 0.6 is 11.8 Å². The van der Waals surface area contributed by atoms with Crippen LogP contribution in [-0.4, -0.2) is 28.3 Å². The van der Waals surface area contributed by atoms with Crippen LogP contribution in [0.25, 0.3) is 0 Å². The zero-order valence-corrected chi connectivity index (χ0v) is 13.0. The van der Waals surface area contributed by atoms with Crippen LogP contribution in [0.5, 0.6) is 0 Å². The predicted octanol–water partition coefficient (Wildman–Crippen LogP) is 2.99. The molecule has 1 aliphatic carbocycles. The second-order valence-corrected chi connectivity index (χ2v) is 6.65. The van der Waals surface area contributed by atoms with Gasteiger partial charge in [-0.15, -0.1) is 11.8 Å². The summed E-state index contributed by atoms with van der Waals surface area (Å²) in [5.41, 5.74) is 0.124. The van der Waals surface area contributed by atoms with Crippen LogP contribution in [0.2, 0.25) is 0 Å². The smallest absolute Gasteiger partial charge is 0.329 e. The van der Waals surface area contributed by atoms with E-state index in [0.29, 0.717) is 12.8 Å². The van der Waals surface area contributed by atoms with Gasteiger partial charge in [0.25, 0.3) is 0 Å². The fraction of sp³-hybridized carbons (Fsp3) is 0.500. The normalized spacial score (nSPS) is 17.2. The Bertz CT molecular complexity index is 507. The number of hydrogen-bond donors (Lipinski definition) is 2. The van der Waals surface area contributed by atoms with Gasteiger partial charge < -0.3 is 10.4 Å². The number of carbonyl (C=O) groups is 2. The van der Waals surface area contributed by atoms with Gasteiger partial charge in [-0.1, -0.05) is 37.0 Å². The molecule has 1 fully saturated rings. The Morgan fingerprint density at radius 1 is 1.19 bits per heavy atom. The average molecular weight is 307 g/mol. The number of carbonyl (C=O) groups excluding carboxylic acids is 1. The fourth-order valence-corrected chi connectivity index (χ4v) is 3.33. The number of thioether (sulfide) groups is 1. The van der Waals surface area contributed by atoms with E-state index in [4.69, 9.17) is 0 Å². The number of benzene rings is 1. The van der Waals surface area contributed by atoms with Crippen LogP contribution in [0.4, 0.5) is 0 Å². The van der Waals surface area contributed by atoms with Crippen molar-refractivity contribution in [1.82, 2.24) is 5.32 Å². The fourth-order valence-electron chi connectivity index (χ4n) is 2.63. The highest BCUT2D eigenvalue weighted by Gasteiger charge is 2.40. The maximum Gasteiger partial charge on any atom is 0.329 e. The highest BCUT2D eigenvalue weighted by Crippen LogP contribution is 2.29. The van der Waals surface area contributed by atoms with Crippen molar-refractivity contribution in [3.63, 3.8) is 0 Å². The number of aryl methyl sites for hydroxylation is 1. The predicted molar refractivity (Wildman–Crippen MR) is 83.5 cm³/mol. The monoisotopic (exact) mass is 307 g/mol. The molecule has 2 rings (SSSR count). The first-order valence-corrected chi connectivity index (χ1v) is 8.24. The third-order valence-corrected chi connectivity index (χ3v) is 4.90. The highest BCUT2D eigenvalue weighted by atomic mass is 32.2. The van der Waals surface area contributed by atoms with Crippen molar-refractivity contribution >= 4 is 23.6 Å². The Hall–Kier alpha value is -1.49. The molecule has 1 saturated carbocycles. The van der Waals surface area contributed by atoms with E-state index in [-0.39, 0.29) is 11.7 Å². The van der Waals surface area contributed by atoms with E-state index >= 15 is 0 Å². The standard InChI is InChI=1S/C16H21NO3S/c1-12-5-7-13(8-6-12)21-11-14(18)17-16(15(19)20)9-3-2-4-10-16/h5-8H,2-4,9-11H2,1H3,(H,17,18)(H,19,20). The van der Waals surface area contributed by atoms with Gasteiger partial charge in [0.1, 0.15) is 5.54 Å². The molecule has 0 spiro atoms. The largest absolute Gasteiger partial charge is 0.480 e. The summed E-state index contributed by atoms with van der Waals surface area (Å²) in [7, 11) is 0. The van der Waals surface area contributed by atoms with Crippen LogP contribution < -0.4 is 5.32 Å². The first-order valence-electron chi connectivity index (χ1n) is 7.26. The molecular formula is C16H21NO3S. The SMILES string of the molecule is Cc1ccc(SCC(=O)NC2(C(=O)O)CCCCC2)cc1. The second kappa shape index (κ2) is 6.98. The van der Waals surface area contributed by atoms with Crippen LogP contribution in [-0.2, 0) is 9.59 Å². The second-order valence-electron chi connectivity index (χ2n) is 5.60. The summed E-state index contributed by atoms with van der Waals surface area (Å²) < 4.78 is 0. The lowest BCUT2D eigenvalue weighted by molar-refractivity contribution is -0.148. The van der Waals surface area contributed by atoms with Gasteiger partial charge in [0.2, 0.25) is 5.91 Å². The summed E-state index contributed by atoms with van der Waals surface area (Å²) in [6.45, 7) is 2.01. The van der Waals surface area contributed by atoms with E-state index in [0.717, 1.165) is 24.2 Å². The van der Waals surface area contributed by atoms with Crippen LogP contribution in [0, 0.1) is 6.92 Å². The summed E-state index contributed by atoms with van der Waals surface area (Å²) >= 11 is 1.43. The molecule has 0 atom stereocenters. The van der Waals surface area contributed by atoms with Gasteiger partial charge in [-0.3, -0.25) is 4.79 Å². The van der Waals surface area contributed by atoms with Crippen LogP contribution in [0.15, 0.2) is 29.2 Å². The van der Waals surface area contributed by atoms with Crippen LogP contribution in [0.3, 0.4) is 0 Å². The number of nitrogens with one attached hydrogen (secondary N) is 1. The molecule has 0 bridgehead atoms. The van der Waals surface area contributed by atoms with Crippen molar-refractivity contribution in [1.29, 1.82) is 0 Å². The van der Waals surface area contributed by atoms with Crippen molar-refractivity contribution in [2.45, 2.75) is 49.5 Å². The summed E-state index contributed by atoms with van der Waals surface area (Å²) in [5, 5.41) is 12.2. The molecule has 114 valence electrons. The number of rotatable bonds is 5. The number of carboxylic acids is 1. The van der Waals surface area contributed by atoms with Crippen molar-refractivity contribution in [2.24, 2.45) is 0 Å². The number of aliphatic carboxylic acids is 1. The maximum atomic E-state index is 12.1. The Kier molecular flexibility index (Phi) is 5.28. The summed E-state index contributed by atoms with van der Waals surface area (Å²) in [5.74, 6) is -0.862. The number of amides is 1. The highest BCUT2D eigenvalue weighted by molar-refractivity contribution is 8.00. The summed E-state index contributed by atoms with van der Waals surface area (Å²) in [4.78, 5) is 24.6. The van der Waals surface area contributed by atoms with Gasteiger partial charge in [0.05, 0.1) is 5.75 Å². The molecule has 2 N–H and O–H groups in total. The molecule has 0 aromatic heterocycles. The lowest BCUT2D eigenvalue weighted by Gasteiger charge is -2.33. The lowest BCUT2D eigenvalue weighted by atomic mass is 9.81. The lowest BCUT2D eigenvalue weighted by Crippen LogP contribution is -2.56. The van der Waals surface area contributed by atoms with Gasteiger partial charge in [0.15, 0.2) is 0 Å². The molecular weight excluding hydrogens is 286 g/mol. The third-order valence-electron chi connectivity index (χ3n) is 3.89. The molecule has 5 heteroatoms. The van der Waals surface area contributed by atoms with Crippen molar-refractivity contribution in [3.8, 4) is 0 Å². The minimum atomic E-state index is -1.05. The molecule has 0 unspecified atom stereocenters. The van der Waals surface area contributed by atoms with E-state index in [2.05, 4.69) is 5.32 Å². The zero-order valence-electron chi connectivity index (χ0n) is 12.2. The first-order chi connectivity index (χ1) is 10.0. The Balaban J connectivity index is 1.90. The van der Waals surface area contributed by atoms with E-state index in [1.54, 1.807) is 0 Å². The molecule has 1 aromatic rings. The maximum absolute atomic E-state index is 12.1. The molecule has 1 aliphatic rings. The minimum Gasteiger partial charge on any atom is -0.480 e. The quantitative estimate of drug-likeness (QED) is 0.821. The molecule has 0 radical (unpaired) electrons. The van der Waals surface area contributed by atoms with Gasteiger partial charge in [-0.25, -0.2) is 4.79 Å². The van der Waals surface area contributed by atoms with Gasteiger partial charge in [0, 0.05) is 4.90 Å². The third kappa shape index (κ3) is 4.24. The van der Waals surface area contributed by atoms with Crippen molar-refractivity contribution in [3.05, 3.63) is 29.8 Å². The Labute approximate surface area is 129 Å². The van der Waals surface area contributed by atoms with Crippen LogP contribution in [0.1, 0.15) is 37.7 Å². The first kappa shape index (κ1) is 15.9. The molecule has 0 saturated heterocycles. The van der Waals surface area contributed by atoms with Gasteiger partial charge in [-0.05, 0) is 31.9 Å². The van der Waals surface area contributed by atoms with Gasteiger partial charge >= 0.3 is 5.97 Å². The van der Waals surface area contributed by atoms with Crippen molar-refractivity contribution in [2.75, 3.05) is 5.75 Å². The summed E-state index contributed by atoms with van der Waals surface area (Å²) in [6, 6.07) is 7.95. The van der Waals surface area contributed by atoms with E-state index in [1.807, 2.05) is 31.2 Å². The molecule has 1 amide bonds. The molecule has 21 heavy (non-hydrogen) atoms. The van der Waals surface area contributed by atoms with Gasteiger partial charge in [-0.2, -0.15) is 0 Å². The Morgan fingerprint density at radius 3 is 2.38 bits per heavy atom. The zero-order chi connectivity index (χ0) is 15.3. The molecule has 1 aromatic carbocycles. The molecule has 4 nitrogen and oxygen atoms in total. The van der Waals surface area contributed by atoms with E-state index < -0.39 is 11.5 Å². The Morgan fingerprint density at radius 2 is 1.81 bits per heavy atom. The van der Waals surface area contributed by atoms with E-state index in [1.165, 1.54) is 17.3 Å². The average Bonchev–Trinajstić information content (AvgIpc) is 2.47. The number of hydrogen-bond acceptors (Lipinski definition) is 3. The molecule has 0 aliphatic heterocycles. The molecule has 0 heterocycles. The summed E-state index contributed by atoms with van der Waals surface area (Å²) in [6.07, 6.45) is 3.82. The van der Waals surface area contributed by atoms with Crippen molar-refractivity contribution < 1.29 is 14.7 Å². The van der Waals surface area contributed by atoms with E-state index in [9.17, 15) is 14.7 Å². The number of carboxylic acid groups (broad SMARTS) is 1. The minimum absolute atomic E-state index is 0.204. The topological polar surface area (TPSA) is 66.4 Å².